The third-order valence-corrected chi connectivity index (χ3v) is 3.64. The van der Waals surface area contributed by atoms with Crippen molar-refractivity contribution in [3.05, 3.63) is 0 Å². The number of amides is 2. The molecule has 0 saturated heterocycles. The molecule has 12 heavy (non-hydrogen) atoms. The Morgan fingerprint density at radius 2 is 1.83 bits per heavy atom. The molecule has 10 heteroatoms. The number of hydrogen-bond acceptors (Lipinski definition) is 5. The minimum atomic E-state index is -1.33. The van der Waals surface area contributed by atoms with Gasteiger partial charge in [0.1, 0.15) is 0 Å². The van der Waals surface area contributed by atoms with Crippen molar-refractivity contribution >= 4 is 58.5 Å². The van der Waals surface area contributed by atoms with Gasteiger partial charge >= 0.3 is 94.8 Å². The first-order chi connectivity index (χ1) is 5.49. The summed E-state index contributed by atoms with van der Waals surface area (Å²) in [6.07, 6.45) is -1.33. The Morgan fingerprint density at radius 3 is 2.17 bits per heavy atom. The van der Waals surface area contributed by atoms with Crippen molar-refractivity contribution in [2.75, 3.05) is 0 Å². The van der Waals surface area contributed by atoms with Crippen LogP contribution in [0.4, 0.5) is 9.59 Å². The average molecular weight is 287 g/mol. The molecule has 2 amide bonds. The third kappa shape index (κ3) is 4.53. The summed E-state index contributed by atoms with van der Waals surface area (Å²) in [4.78, 5) is 21.0. The zero-order chi connectivity index (χ0) is 9.72. The van der Waals surface area contributed by atoms with Crippen LogP contribution < -0.4 is 0 Å². The first kappa shape index (κ1) is 12.5. The molecular weight excluding hydrogens is 284 g/mol. The van der Waals surface area contributed by atoms with Gasteiger partial charge in [0.2, 0.25) is 0 Å². The Labute approximate surface area is 94.4 Å². The molecule has 71 valence electrons. The molecule has 0 atom stereocenters. The van der Waals surface area contributed by atoms with E-state index in [2.05, 4.69) is 39.8 Å². The quantitative estimate of drug-likeness (QED) is 0.361. The molecule has 0 aliphatic rings. The monoisotopic (exact) mass is 287 g/mol. The predicted octanol–water partition coefficient (Wildman–Crippen LogP) is 1.84. The van der Waals surface area contributed by atoms with Crippen LogP contribution in [0.3, 0.4) is 0 Å². The van der Waals surface area contributed by atoms with Gasteiger partial charge in [-0.1, -0.05) is 0 Å². The zero-order valence-electron chi connectivity index (χ0n) is 5.22. The molecule has 1 N–H and O–H groups in total. The molecule has 0 aromatic rings. The van der Waals surface area contributed by atoms with Crippen molar-refractivity contribution in [3.63, 3.8) is 0 Å². The van der Waals surface area contributed by atoms with E-state index in [0.29, 0.717) is 15.7 Å². The Bertz CT molecular complexity index is 241. The maximum absolute atomic E-state index is 10.9. The normalized spacial score (nSPS) is 8.83. The van der Waals surface area contributed by atoms with Crippen LogP contribution >= 0.6 is 47.2 Å². The summed E-state index contributed by atoms with van der Waals surface area (Å²) in [5.74, 6) is 0. The van der Waals surface area contributed by atoms with Crippen molar-refractivity contribution in [2.24, 2.45) is 0 Å². The fourth-order valence-electron chi connectivity index (χ4n) is 0.174. The molecule has 5 nitrogen and oxygen atoms in total. The van der Waals surface area contributed by atoms with Crippen LogP contribution in [-0.4, -0.2) is 23.9 Å². The van der Waals surface area contributed by atoms with E-state index < -0.39 is 11.3 Å². The second-order valence-electron chi connectivity index (χ2n) is 1.25. The summed E-state index contributed by atoms with van der Waals surface area (Å²) >= 11 is 10.8. The summed E-state index contributed by atoms with van der Waals surface area (Å²) in [5.41, 5.74) is 0. The van der Waals surface area contributed by atoms with E-state index in [-0.39, 0.29) is 0 Å². The van der Waals surface area contributed by atoms with E-state index in [9.17, 15) is 9.59 Å². The number of hydrogen-bond donors (Lipinski definition) is 3. The van der Waals surface area contributed by atoms with E-state index >= 15 is 0 Å². The maximum atomic E-state index is 10.9. The van der Waals surface area contributed by atoms with Crippen LogP contribution in [0, 0.1) is 0 Å². The van der Waals surface area contributed by atoms with Crippen LogP contribution in [0.5, 0.6) is 0 Å². The van der Waals surface area contributed by atoms with Crippen LogP contribution in [-0.2, 0) is 14.1 Å². The minimum absolute atomic E-state index is 0.388. The van der Waals surface area contributed by atoms with Gasteiger partial charge in [-0.05, 0) is 0 Å². The molecular formula is C2H3FeN2O3S4. The van der Waals surface area contributed by atoms with Crippen molar-refractivity contribution in [2.45, 2.75) is 0 Å². The number of thiol groups is 2. The molecule has 0 rings (SSSR count). The molecule has 0 unspecified atom stereocenters. The first-order valence-electron chi connectivity index (χ1n) is 2.19. The number of carbonyl (C=O) groups is 2. The summed E-state index contributed by atoms with van der Waals surface area (Å²) in [7, 11) is 0.810. The summed E-state index contributed by atoms with van der Waals surface area (Å²) in [6, 6.07) is 0. The van der Waals surface area contributed by atoms with E-state index in [0.717, 1.165) is 13.3 Å². The molecule has 0 saturated carbocycles. The van der Waals surface area contributed by atoms with Crippen LogP contribution in [0.1, 0.15) is 0 Å². The van der Waals surface area contributed by atoms with Crippen LogP contribution in [0.15, 0.2) is 0 Å². The number of carboxylic acid groups (broad SMARTS) is 1. The Balaban J connectivity index is 4.03. The Hall–Kier alpha value is 0.529. The molecule has 0 aromatic carbocycles. The molecule has 0 fully saturated rings. The van der Waals surface area contributed by atoms with E-state index in [1.54, 1.807) is 0 Å². The van der Waals surface area contributed by atoms with Gasteiger partial charge < -0.3 is 0 Å². The molecule has 0 aliphatic heterocycles. The standard InChI is InChI=1S/C2H3N2O3S4.Fe/c5-1(6)4(10)11-2(7)3(8)9;/h8,10H,(H,5,6);/q-1;+1. The SMILES string of the molecule is O=C(O)N(S)SC(=O)N(S)[S]#[Fe]. The summed E-state index contributed by atoms with van der Waals surface area (Å²) < 4.78 is 1.36. The Morgan fingerprint density at radius 1 is 1.33 bits per heavy atom. The van der Waals surface area contributed by atoms with E-state index in [4.69, 9.17) is 5.11 Å². The number of carbonyl (C=O) groups excluding carboxylic acids is 1. The van der Waals surface area contributed by atoms with Crippen LogP contribution in [0.2, 0.25) is 0 Å². The second kappa shape index (κ2) is 6.06. The fraction of sp³-hybridized carbons (Fsp3) is 0. The van der Waals surface area contributed by atoms with Gasteiger partial charge in [-0.3, -0.25) is 0 Å². The van der Waals surface area contributed by atoms with Gasteiger partial charge in [0.15, 0.2) is 0 Å². The van der Waals surface area contributed by atoms with Crippen molar-refractivity contribution in [1.29, 1.82) is 0 Å². The average Bonchev–Trinajstić information content (AvgIpc) is 2.02. The van der Waals surface area contributed by atoms with Gasteiger partial charge in [-0.2, -0.15) is 0 Å². The summed E-state index contributed by atoms with van der Waals surface area (Å²) in [5, 5.41) is 7.71. The molecule has 0 aromatic heterocycles. The van der Waals surface area contributed by atoms with Crippen molar-refractivity contribution in [3.8, 4) is 0 Å². The molecule has 0 radical (unpaired) electrons. The van der Waals surface area contributed by atoms with Gasteiger partial charge in [0.25, 0.3) is 0 Å². The fourth-order valence-corrected chi connectivity index (χ4v) is 1.51. The van der Waals surface area contributed by atoms with Gasteiger partial charge in [-0.15, -0.1) is 0 Å². The summed E-state index contributed by atoms with van der Waals surface area (Å²) in [6.45, 7) is 0. The van der Waals surface area contributed by atoms with E-state index in [1.165, 1.54) is 0 Å². The number of nitrogens with zero attached hydrogens (tertiary/aromatic N) is 2. The number of rotatable bonds is 0. The molecule has 0 aliphatic carbocycles. The molecule has 0 heterocycles. The topological polar surface area (TPSA) is 60.9 Å². The van der Waals surface area contributed by atoms with Crippen molar-refractivity contribution < 1.29 is 28.8 Å². The van der Waals surface area contributed by atoms with E-state index in [1.807, 2.05) is 0 Å². The third-order valence-electron chi connectivity index (χ3n) is 0.546. The predicted molar refractivity (Wildman–Crippen MR) is 50.3 cm³/mol. The van der Waals surface area contributed by atoms with Crippen LogP contribution in [0.25, 0.3) is 0 Å². The van der Waals surface area contributed by atoms with Gasteiger partial charge in [-0.25, -0.2) is 0 Å². The second-order valence-corrected chi connectivity index (χ2v) is 4.59. The zero-order valence-corrected chi connectivity index (χ0v) is 9.75. The molecule has 0 spiro atoms. The van der Waals surface area contributed by atoms with Gasteiger partial charge in [0.05, 0.1) is 0 Å². The van der Waals surface area contributed by atoms with Crippen molar-refractivity contribution in [1.82, 2.24) is 7.42 Å². The molecule has 0 bridgehead atoms. The first-order valence-corrected chi connectivity index (χ1v) is 5.77. The van der Waals surface area contributed by atoms with Gasteiger partial charge in [0, 0.05) is 0 Å². The Kier molecular flexibility index (Phi) is 6.32.